The zero-order valence-electron chi connectivity index (χ0n) is 19.0. The van der Waals surface area contributed by atoms with Crippen molar-refractivity contribution in [3.63, 3.8) is 0 Å². The summed E-state index contributed by atoms with van der Waals surface area (Å²) in [5.74, 6) is 0.847. The maximum Gasteiger partial charge on any atom is 0.255 e. The van der Waals surface area contributed by atoms with E-state index < -0.39 is 0 Å². The number of piperidine rings is 1. The summed E-state index contributed by atoms with van der Waals surface area (Å²) < 4.78 is 3.67. The Balaban J connectivity index is 1.72. The van der Waals surface area contributed by atoms with Crippen molar-refractivity contribution in [1.82, 2.24) is 19.2 Å². The molecule has 6 heteroatoms. The van der Waals surface area contributed by atoms with Crippen molar-refractivity contribution in [1.29, 1.82) is 0 Å². The Labute approximate surface area is 183 Å². The Hall–Kier alpha value is -2.89. The molecule has 0 bridgehead atoms. The van der Waals surface area contributed by atoms with Crippen LogP contribution >= 0.6 is 0 Å². The van der Waals surface area contributed by atoms with Gasteiger partial charge in [0.1, 0.15) is 5.65 Å². The molecule has 2 aromatic heterocycles. The van der Waals surface area contributed by atoms with Gasteiger partial charge in [-0.15, -0.1) is 0 Å². The van der Waals surface area contributed by atoms with Gasteiger partial charge in [0.2, 0.25) is 5.91 Å². The van der Waals surface area contributed by atoms with Gasteiger partial charge in [0, 0.05) is 37.0 Å². The molecule has 1 amide bonds. The molecular formula is C25H32N4O2. The van der Waals surface area contributed by atoms with E-state index in [4.69, 9.17) is 5.10 Å². The first kappa shape index (κ1) is 21.3. The second-order valence-electron chi connectivity index (χ2n) is 8.75. The van der Waals surface area contributed by atoms with Crippen LogP contribution in [0, 0.1) is 19.8 Å². The number of carbonyl (C=O) groups excluding carboxylic acids is 1. The van der Waals surface area contributed by atoms with Crippen LogP contribution in [0.15, 0.2) is 35.1 Å². The van der Waals surface area contributed by atoms with Crippen molar-refractivity contribution in [2.75, 3.05) is 13.1 Å². The zero-order chi connectivity index (χ0) is 22.1. The van der Waals surface area contributed by atoms with Gasteiger partial charge < -0.3 is 4.90 Å². The number of carbonyl (C=O) groups is 1. The number of para-hydroxylation sites is 1. The van der Waals surface area contributed by atoms with Crippen LogP contribution in [0.1, 0.15) is 49.9 Å². The molecular weight excluding hydrogens is 388 g/mol. The van der Waals surface area contributed by atoms with Gasteiger partial charge >= 0.3 is 0 Å². The third-order valence-corrected chi connectivity index (χ3v) is 6.66. The minimum atomic E-state index is -0.00959. The van der Waals surface area contributed by atoms with Crippen molar-refractivity contribution in [3.05, 3.63) is 57.5 Å². The molecule has 0 spiro atoms. The SMILES string of the molecule is CCn1c(=O)c(CCC(=O)N2CCC(C)CC2)c(C)c2c(C)nn(-c3ccccc3)c21. The highest BCUT2D eigenvalue weighted by Crippen LogP contribution is 2.26. The third kappa shape index (κ3) is 3.91. The van der Waals surface area contributed by atoms with Gasteiger partial charge in [0.15, 0.2) is 0 Å². The Morgan fingerprint density at radius 2 is 1.81 bits per heavy atom. The first-order valence-corrected chi connectivity index (χ1v) is 11.4. The molecule has 164 valence electrons. The molecule has 0 unspecified atom stereocenters. The van der Waals surface area contributed by atoms with Gasteiger partial charge in [0.25, 0.3) is 5.56 Å². The molecule has 1 aliphatic heterocycles. The van der Waals surface area contributed by atoms with Crippen LogP contribution < -0.4 is 5.56 Å². The highest BCUT2D eigenvalue weighted by molar-refractivity contribution is 5.85. The van der Waals surface area contributed by atoms with Crippen LogP contribution in [0.5, 0.6) is 0 Å². The summed E-state index contributed by atoms with van der Waals surface area (Å²) in [7, 11) is 0. The second-order valence-corrected chi connectivity index (χ2v) is 8.75. The Morgan fingerprint density at radius 3 is 2.45 bits per heavy atom. The molecule has 31 heavy (non-hydrogen) atoms. The summed E-state index contributed by atoms with van der Waals surface area (Å²) >= 11 is 0. The second kappa shape index (κ2) is 8.69. The van der Waals surface area contributed by atoms with Crippen LogP contribution in [0.3, 0.4) is 0 Å². The standard InChI is InChI=1S/C25H32N4O2/c1-5-28-24-23(19(4)26-29(24)20-9-7-6-8-10-20)18(3)21(25(28)31)11-12-22(30)27-15-13-17(2)14-16-27/h6-10,17H,5,11-16H2,1-4H3. The molecule has 1 aliphatic rings. The number of aromatic nitrogens is 3. The van der Waals surface area contributed by atoms with Gasteiger partial charge in [-0.05, 0) is 63.6 Å². The Morgan fingerprint density at radius 1 is 1.13 bits per heavy atom. The number of amides is 1. The van der Waals surface area contributed by atoms with Gasteiger partial charge in [-0.3, -0.25) is 14.2 Å². The lowest BCUT2D eigenvalue weighted by Crippen LogP contribution is -2.38. The fraction of sp³-hybridized carbons (Fsp3) is 0.480. The molecule has 0 N–H and O–H groups in total. The number of pyridine rings is 1. The van der Waals surface area contributed by atoms with E-state index in [9.17, 15) is 9.59 Å². The average molecular weight is 421 g/mol. The first-order chi connectivity index (χ1) is 14.9. The van der Waals surface area contributed by atoms with Crippen molar-refractivity contribution < 1.29 is 4.79 Å². The molecule has 1 fully saturated rings. The highest BCUT2D eigenvalue weighted by atomic mass is 16.2. The van der Waals surface area contributed by atoms with E-state index in [0.717, 1.165) is 59.5 Å². The molecule has 0 saturated carbocycles. The number of benzene rings is 1. The maximum atomic E-state index is 13.5. The molecule has 3 aromatic rings. The molecule has 4 rings (SSSR count). The largest absolute Gasteiger partial charge is 0.343 e. The number of nitrogens with zero attached hydrogens (tertiary/aromatic N) is 4. The number of fused-ring (bicyclic) bond motifs is 1. The topological polar surface area (TPSA) is 60.1 Å². The normalized spacial score (nSPS) is 15.0. The quantitative estimate of drug-likeness (QED) is 0.626. The molecule has 1 saturated heterocycles. The van der Waals surface area contributed by atoms with E-state index in [0.29, 0.717) is 25.3 Å². The zero-order valence-corrected chi connectivity index (χ0v) is 19.0. The van der Waals surface area contributed by atoms with Crippen molar-refractivity contribution >= 4 is 16.9 Å². The lowest BCUT2D eigenvalue weighted by atomic mass is 9.98. The third-order valence-electron chi connectivity index (χ3n) is 6.66. The van der Waals surface area contributed by atoms with E-state index in [-0.39, 0.29) is 11.5 Å². The van der Waals surface area contributed by atoms with E-state index >= 15 is 0 Å². The van der Waals surface area contributed by atoms with E-state index in [2.05, 4.69) is 6.92 Å². The number of hydrogen-bond donors (Lipinski definition) is 0. The Kier molecular flexibility index (Phi) is 5.99. The summed E-state index contributed by atoms with van der Waals surface area (Å²) in [6.07, 6.45) is 2.99. The van der Waals surface area contributed by atoms with Crippen LogP contribution in [0.4, 0.5) is 0 Å². The maximum absolute atomic E-state index is 13.5. The first-order valence-electron chi connectivity index (χ1n) is 11.4. The monoisotopic (exact) mass is 420 g/mol. The number of hydrogen-bond acceptors (Lipinski definition) is 3. The van der Waals surface area contributed by atoms with Crippen LogP contribution in [-0.2, 0) is 17.8 Å². The van der Waals surface area contributed by atoms with Crippen molar-refractivity contribution in [2.24, 2.45) is 5.92 Å². The van der Waals surface area contributed by atoms with Crippen LogP contribution in [0.25, 0.3) is 16.7 Å². The minimum Gasteiger partial charge on any atom is -0.343 e. The van der Waals surface area contributed by atoms with Crippen molar-refractivity contribution in [2.45, 2.75) is 59.9 Å². The number of likely N-dealkylation sites (tertiary alicyclic amines) is 1. The molecule has 0 radical (unpaired) electrons. The van der Waals surface area contributed by atoms with Gasteiger partial charge in [0.05, 0.1) is 11.4 Å². The van der Waals surface area contributed by atoms with E-state index in [1.165, 1.54) is 0 Å². The minimum absolute atomic E-state index is 0.00959. The van der Waals surface area contributed by atoms with Crippen molar-refractivity contribution in [3.8, 4) is 5.69 Å². The smallest absolute Gasteiger partial charge is 0.255 e. The Bertz CT molecular complexity index is 1150. The van der Waals surface area contributed by atoms with Gasteiger partial charge in [-0.25, -0.2) is 4.68 Å². The lowest BCUT2D eigenvalue weighted by Gasteiger charge is -2.30. The lowest BCUT2D eigenvalue weighted by molar-refractivity contribution is -0.132. The number of rotatable bonds is 5. The highest BCUT2D eigenvalue weighted by Gasteiger charge is 2.23. The fourth-order valence-electron chi connectivity index (χ4n) is 4.76. The van der Waals surface area contributed by atoms with Crippen LogP contribution in [0.2, 0.25) is 0 Å². The molecule has 0 atom stereocenters. The summed E-state index contributed by atoms with van der Waals surface area (Å²) in [6, 6.07) is 9.91. The predicted octanol–water partition coefficient (Wildman–Crippen LogP) is 4.02. The fourth-order valence-corrected chi connectivity index (χ4v) is 4.76. The predicted molar refractivity (Wildman–Crippen MR) is 124 cm³/mol. The van der Waals surface area contributed by atoms with E-state index in [1.54, 1.807) is 4.57 Å². The van der Waals surface area contributed by atoms with Crippen LogP contribution in [-0.4, -0.2) is 38.2 Å². The molecule has 6 nitrogen and oxygen atoms in total. The summed E-state index contributed by atoms with van der Waals surface area (Å²) in [4.78, 5) is 28.2. The van der Waals surface area contributed by atoms with E-state index in [1.807, 2.05) is 60.7 Å². The number of aryl methyl sites for hydroxylation is 3. The summed E-state index contributed by atoms with van der Waals surface area (Å²) in [5, 5.41) is 5.78. The summed E-state index contributed by atoms with van der Waals surface area (Å²) in [5.41, 5.74) is 4.34. The molecule has 0 aliphatic carbocycles. The molecule has 3 heterocycles. The molecule has 1 aromatic carbocycles. The summed E-state index contributed by atoms with van der Waals surface area (Å²) in [6.45, 7) is 10.4. The average Bonchev–Trinajstić information content (AvgIpc) is 3.12. The van der Waals surface area contributed by atoms with Gasteiger partial charge in [-0.2, -0.15) is 5.10 Å². The van der Waals surface area contributed by atoms with Gasteiger partial charge in [-0.1, -0.05) is 25.1 Å².